The number of carboxylic acids is 2. The van der Waals surface area contributed by atoms with Crippen molar-refractivity contribution in [2.24, 2.45) is 11.7 Å². The summed E-state index contributed by atoms with van der Waals surface area (Å²) in [6.07, 6.45) is 0.391. The molecule has 0 aromatic rings. The quantitative estimate of drug-likeness (QED) is 0.402. The molecule has 0 fully saturated rings. The average Bonchev–Trinajstić information content (AvgIpc) is 2.03. The first-order chi connectivity index (χ1) is 5.82. The van der Waals surface area contributed by atoms with Gasteiger partial charge < -0.3 is 20.7 Å². The van der Waals surface area contributed by atoms with Crippen LogP contribution >= 0.6 is 0 Å². The van der Waals surface area contributed by atoms with Gasteiger partial charge in [0.15, 0.2) is 0 Å². The minimum atomic E-state index is -1.07. The van der Waals surface area contributed by atoms with Crippen molar-refractivity contribution in [1.82, 2.24) is 0 Å². The van der Waals surface area contributed by atoms with Gasteiger partial charge in [0.2, 0.25) is 0 Å². The smallest absolute Gasteiger partial charge is 0.320 e. The van der Waals surface area contributed by atoms with Gasteiger partial charge in [-0.05, 0) is 13.8 Å². The standard InChI is InChI=1S/C4H6O3.C3H7NO2/c1-3(2-5)4(6)7;1-2(4)3(5)6/h2-3H,1H3,(H,6,7);2H,4H2,1H3,(H,5,6)/t;2-/m.0/s1. The highest BCUT2D eigenvalue weighted by Gasteiger charge is 2.06. The van der Waals surface area contributed by atoms with Crippen molar-refractivity contribution in [3.8, 4) is 0 Å². The van der Waals surface area contributed by atoms with Crippen molar-refractivity contribution in [2.75, 3.05) is 0 Å². The van der Waals surface area contributed by atoms with Crippen LogP contribution in [0.3, 0.4) is 0 Å². The van der Waals surface area contributed by atoms with Crippen LogP contribution in [0.2, 0.25) is 0 Å². The number of carboxylic acid groups (broad SMARTS) is 2. The van der Waals surface area contributed by atoms with Crippen LogP contribution in [0.25, 0.3) is 0 Å². The normalized spacial score (nSPS) is 13.2. The van der Waals surface area contributed by atoms with Gasteiger partial charge in [-0.25, -0.2) is 0 Å². The minimum absolute atomic E-state index is 0.391. The zero-order valence-corrected chi connectivity index (χ0v) is 7.43. The highest BCUT2D eigenvalue weighted by molar-refractivity contribution is 5.85. The molecule has 76 valence electrons. The summed E-state index contributed by atoms with van der Waals surface area (Å²) in [6.45, 7) is 2.75. The summed E-state index contributed by atoms with van der Waals surface area (Å²) in [5, 5.41) is 15.8. The summed E-state index contributed by atoms with van der Waals surface area (Å²) in [6, 6.07) is -0.731. The lowest BCUT2D eigenvalue weighted by Crippen LogP contribution is -2.25. The van der Waals surface area contributed by atoms with Crippen LogP contribution in [0, 0.1) is 5.92 Å². The maximum absolute atomic E-state index is 9.70. The second-order valence-electron chi connectivity index (χ2n) is 2.39. The molecule has 0 aliphatic carbocycles. The molecule has 0 bridgehead atoms. The van der Waals surface area contributed by atoms with Crippen LogP contribution in [0.5, 0.6) is 0 Å². The van der Waals surface area contributed by atoms with Crippen molar-refractivity contribution in [2.45, 2.75) is 19.9 Å². The second-order valence-corrected chi connectivity index (χ2v) is 2.39. The highest BCUT2D eigenvalue weighted by Crippen LogP contribution is 1.84. The summed E-state index contributed by atoms with van der Waals surface area (Å²) >= 11 is 0. The molecule has 0 spiro atoms. The summed E-state index contributed by atoms with van der Waals surface area (Å²) in [5.41, 5.74) is 4.84. The van der Waals surface area contributed by atoms with Gasteiger partial charge in [-0.2, -0.15) is 0 Å². The topological polar surface area (TPSA) is 118 Å². The van der Waals surface area contributed by atoms with E-state index in [0.717, 1.165) is 0 Å². The Bertz CT molecular complexity index is 189. The van der Waals surface area contributed by atoms with Crippen LogP contribution in [-0.2, 0) is 14.4 Å². The summed E-state index contributed by atoms with van der Waals surface area (Å²) < 4.78 is 0. The average molecular weight is 191 g/mol. The lowest BCUT2D eigenvalue weighted by atomic mass is 10.2. The number of nitrogens with two attached hydrogens (primary N) is 1. The molecule has 0 saturated heterocycles. The molecule has 6 heteroatoms. The van der Waals surface area contributed by atoms with E-state index in [9.17, 15) is 14.4 Å². The molecule has 0 amide bonds. The Labute approximate surface area is 75.3 Å². The van der Waals surface area contributed by atoms with Crippen molar-refractivity contribution in [3.05, 3.63) is 0 Å². The third-order valence-electron chi connectivity index (χ3n) is 0.983. The molecule has 0 rings (SSSR count). The fourth-order valence-electron chi connectivity index (χ4n) is 0.0582. The minimum Gasteiger partial charge on any atom is -0.481 e. The van der Waals surface area contributed by atoms with Gasteiger partial charge in [0.1, 0.15) is 18.2 Å². The van der Waals surface area contributed by atoms with Crippen molar-refractivity contribution in [1.29, 1.82) is 0 Å². The molecule has 1 unspecified atom stereocenters. The number of aliphatic carboxylic acids is 2. The molecular weight excluding hydrogens is 178 g/mol. The van der Waals surface area contributed by atoms with Gasteiger partial charge in [0.05, 0.1) is 0 Å². The monoisotopic (exact) mass is 191 g/mol. The SMILES string of the molecule is CC(C=O)C(=O)O.C[C@H](N)C(=O)O. The number of aldehydes is 1. The Kier molecular flexibility index (Phi) is 7.85. The van der Waals surface area contributed by atoms with Gasteiger partial charge in [0.25, 0.3) is 0 Å². The fourth-order valence-corrected chi connectivity index (χ4v) is 0.0582. The van der Waals surface area contributed by atoms with E-state index in [4.69, 9.17) is 15.9 Å². The van der Waals surface area contributed by atoms with Crippen molar-refractivity contribution in [3.63, 3.8) is 0 Å². The Morgan fingerprint density at radius 1 is 1.23 bits per heavy atom. The highest BCUT2D eigenvalue weighted by atomic mass is 16.4. The molecule has 0 heterocycles. The fraction of sp³-hybridized carbons (Fsp3) is 0.571. The molecule has 0 aliphatic heterocycles. The van der Waals surface area contributed by atoms with Gasteiger partial charge >= 0.3 is 11.9 Å². The number of hydrogen-bond acceptors (Lipinski definition) is 4. The van der Waals surface area contributed by atoms with E-state index in [1.807, 2.05) is 0 Å². The molecule has 4 N–H and O–H groups in total. The summed E-state index contributed by atoms with van der Waals surface area (Å²) in [5.74, 6) is -2.90. The molecule has 0 aliphatic rings. The number of rotatable bonds is 3. The molecule has 0 aromatic heterocycles. The van der Waals surface area contributed by atoms with E-state index in [1.54, 1.807) is 0 Å². The lowest BCUT2D eigenvalue weighted by molar-refractivity contribution is -0.143. The van der Waals surface area contributed by atoms with E-state index in [0.29, 0.717) is 6.29 Å². The third kappa shape index (κ3) is 10.6. The molecule has 13 heavy (non-hydrogen) atoms. The predicted octanol–water partition coefficient (Wildman–Crippen LogP) is -0.676. The number of hydrogen-bond donors (Lipinski definition) is 3. The van der Waals surface area contributed by atoms with Crippen molar-refractivity contribution < 1.29 is 24.6 Å². The van der Waals surface area contributed by atoms with Crippen LogP contribution in [-0.4, -0.2) is 34.5 Å². The van der Waals surface area contributed by atoms with E-state index in [1.165, 1.54) is 13.8 Å². The largest absolute Gasteiger partial charge is 0.481 e. The molecule has 0 saturated carbocycles. The van der Waals surface area contributed by atoms with Gasteiger partial charge in [-0.15, -0.1) is 0 Å². The van der Waals surface area contributed by atoms with Gasteiger partial charge in [-0.3, -0.25) is 9.59 Å². The first kappa shape index (κ1) is 14.1. The zero-order chi connectivity index (χ0) is 11.0. The molecule has 0 radical (unpaired) electrons. The van der Waals surface area contributed by atoms with E-state index in [2.05, 4.69) is 0 Å². The van der Waals surface area contributed by atoms with E-state index < -0.39 is 23.9 Å². The van der Waals surface area contributed by atoms with Gasteiger partial charge in [0, 0.05) is 0 Å². The Balaban J connectivity index is 0. The molecule has 2 atom stereocenters. The summed E-state index contributed by atoms with van der Waals surface area (Å²) in [4.78, 5) is 28.8. The van der Waals surface area contributed by atoms with E-state index >= 15 is 0 Å². The maximum Gasteiger partial charge on any atom is 0.320 e. The number of carbonyl (C=O) groups is 3. The van der Waals surface area contributed by atoms with Crippen molar-refractivity contribution >= 4 is 18.2 Å². The van der Waals surface area contributed by atoms with Crippen LogP contribution in [0.4, 0.5) is 0 Å². The zero-order valence-electron chi connectivity index (χ0n) is 7.43. The lowest BCUT2D eigenvalue weighted by Gasteiger charge is -1.90. The van der Waals surface area contributed by atoms with Gasteiger partial charge in [-0.1, -0.05) is 0 Å². The van der Waals surface area contributed by atoms with Crippen LogP contribution < -0.4 is 5.73 Å². The van der Waals surface area contributed by atoms with Crippen LogP contribution in [0.15, 0.2) is 0 Å². The second kappa shape index (κ2) is 7.23. The Morgan fingerprint density at radius 3 is 1.54 bits per heavy atom. The molecule has 0 aromatic carbocycles. The third-order valence-corrected chi connectivity index (χ3v) is 0.983. The molecule has 6 nitrogen and oxygen atoms in total. The first-order valence-electron chi connectivity index (χ1n) is 3.49. The number of carbonyl (C=O) groups excluding carboxylic acids is 1. The van der Waals surface area contributed by atoms with Crippen LogP contribution in [0.1, 0.15) is 13.8 Å². The van der Waals surface area contributed by atoms with E-state index in [-0.39, 0.29) is 0 Å². The Hall–Kier alpha value is -1.43. The summed E-state index contributed by atoms with van der Waals surface area (Å²) in [7, 11) is 0. The predicted molar refractivity (Wildman–Crippen MR) is 44.1 cm³/mol. The molecular formula is C7H13NO5. The maximum atomic E-state index is 9.70. The Morgan fingerprint density at radius 2 is 1.54 bits per heavy atom. The first-order valence-corrected chi connectivity index (χ1v) is 3.49.